The van der Waals surface area contributed by atoms with Crippen LogP contribution in [0.25, 0.3) is 11.2 Å². The number of aliphatic hydroxyl groups excluding tert-OH is 2. The summed E-state index contributed by atoms with van der Waals surface area (Å²) >= 11 is 0. The highest BCUT2D eigenvalue weighted by Crippen LogP contribution is 2.36. The van der Waals surface area contributed by atoms with Crippen molar-refractivity contribution >= 4 is 31.3 Å². The van der Waals surface area contributed by atoms with Gasteiger partial charge in [-0.25, -0.2) is 4.98 Å². The molecule has 3 heterocycles. The van der Waals surface area contributed by atoms with E-state index in [4.69, 9.17) is 15.0 Å². The molecule has 1 fully saturated rings. The number of aliphatic hydroxyl groups is 2. The summed E-state index contributed by atoms with van der Waals surface area (Å²) in [5.41, 5.74) is 5.85. The number of aromatic amines is 1. The van der Waals surface area contributed by atoms with E-state index in [1.165, 1.54) is 10.9 Å². The molecule has 12 nitrogen and oxygen atoms in total. The fraction of sp³-hybridized carbons (Fsp3) is 0.312. The van der Waals surface area contributed by atoms with Crippen LogP contribution in [0.15, 0.2) is 41.5 Å². The van der Waals surface area contributed by atoms with Crippen LogP contribution in [0.2, 0.25) is 0 Å². The van der Waals surface area contributed by atoms with Gasteiger partial charge in [-0.3, -0.25) is 14.3 Å². The highest BCUT2D eigenvalue weighted by atomic mass is 31.2. The van der Waals surface area contributed by atoms with E-state index < -0.39 is 38.6 Å². The zero-order chi connectivity index (χ0) is 20.5. The molecule has 1 unspecified atom stereocenters. The molecule has 1 aliphatic heterocycles. The Morgan fingerprint density at radius 3 is 2.83 bits per heavy atom. The minimum atomic E-state index is -2.02. The van der Waals surface area contributed by atoms with E-state index in [0.29, 0.717) is 5.69 Å². The first-order valence-electron chi connectivity index (χ1n) is 8.61. The average Bonchev–Trinajstić information content (AvgIpc) is 3.23. The largest absolute Gasteiger partial charge is 0.387 e. The monoisotopic (exact) mass is 422 g/mol. The molecular weight excluding hydrogens is 403 g/mol. The molecule has 4 rings (SSSR count). The third kappa shape index (κ3) is 3.94. The van der Waals surface area contributed by atoms with Crippen molar-refractivity contribution in [1.82, 2.24) is 19.5 Å². The van der Waals surface area contributed by atoms with Gasteiger partial charge in [-0.1, -0.05) is 18.2 Å². The predicted molar refractivity (Wildman–Crippen MR) is 104 cm³/mol. The molecule has 0 saturated carbocycles. The second-order valence-electron chi connectivity index (χ2n) is 6.37. The topological polar surface area (TPSA) is 181 Å². The number of aromatic nitrogens is 4. The molecule has 0 amide bonds. The summed E-state index contributed by atoms with van der Waals surface area (Å²) in [7, 11) is -2.02. The van der Waals surface area contributed by atoms with Gasteiger partial charge in [0.1, 0.15) is 18.3 Å². The Kier molecular flexibility index (Phi) is 5.46. The summed E-state index contributed by atoms with van der Waals surface area (Å²) < 4.78 is 12.4. The molecule has 0 aliphatic carbocycles. The van der Waals surface area contributed by atoms with E-state index in [9.17, 15) is 19.9 Å². The first kappa shape index (κ1) is 19.7. The van der Waals surface area contributed by atoms with Crippen LogP contribution in [-0.4, -0.2) is 59.5 Å². The number of nitrogens with two attached hydrogens (primary N) is 1. The van der Waals surface area contributed by atoms with Crippen molar-refractivity contribution in [3.8, 4) is 0 Å². The number of fused-ring (bicyclic) bond motifs is 1. The summed E-state index contributed by atoms with van der Waals surface area (Å²) in [6, 6.07) is 8.97. The van der Waals surface area contributed by atoms with Gasteiger partial charge in [-0.05, 0) is 12.1 Å². The Morgan fingerprint density at radius 2 is 2.07 bits per heavy atom. The Balaban J connectivity index is 1.45. The van der Waals surface area contributed by atoms with Gasteiger partial charge in [0, 0.05) is 5.69 Å². The Hall–Kier alpha value is -2.60. The Labute approximate surface area is 164 Å². The lowest BCUT2D eigenvalue weighted by Crippen LogP contribution is -2.33. The van der Waals surface area contributed by atoms with Crippen molar-refractivity contribution in [1.29, 1.82) is 0 Å². The first-order chi connectivity index (χ1) is 13.9. The number of nitrogens with one attached hydrogen (secondary N) is 2. The lowest BCUT2D eigenvalue weighted by Gasteiger charge is -2.18. The summed E-state index contributed by atoms with van der Waals surface area (Å²) in [6.07, 6.45) is -3.36. The SMILES string of the molecule is Nc1nc2c(ncn2[C@@H]2O[C@H](COP(O)Nc3ccccc3)[C@@H](O)[C@H]2O)c(=O)[nH]1. The molecule has 3 aromatic rings. The van der Waals surface area contributed by atoms with E-state index in [1.807, 2.05) is 6.07 Å². The number of hydrogen-bond donors (Lipinski definition) is 6. The number of benzene rings is 1. The molecule has 0 radical (unpaired) electrons. The Morgan fingerprint density at radius 1 is 1.31 bits per heavy atom. The van der Waals surface area contributed by atoms with Gasteiger partial charge in [-0.2, -0.15) is 4.98 Å². The van der Waals surface area contributed by atoms with Crippen molar-refractivity contribution in [2.24, 2.45) is 0 Å². The number of nitrogens with zero attached hydrogens (tertiary/aromatic N) is 3. The van der Waals surface area contributed by atoms with Gasteiger partial charge in [-0.15, -0.1) is 0 Å². The maximum absolute atomic E-state index is 11.9. The lowest BCUT2D eigenvalue weighted by atomic mass is 10.1. The van der Waals surface area contributed by atoms with Crippen molar-refractivity contribution in [2.75, 3.05) is 17.4 Å². The summed E-state index contributed by atoms with van der Waals surface area (Å²) in [4.78, 5) is 32.2. The molecule has 154 valence electrons. The molecule has 5 atom stereocenters. The second kappa shape index (κ2) is 8.03. The number of H-pyrrole nitrogens is 1. The van der Waals surface area contributed by atoms with E-state index in [-0.39, 0.29) is 23.7 Å². The highest BCUT2D eigenvalue weighted by molar-refractivity contribution is 7.47. The standard InChI is InChI=1S/C16H19N6O6P/c17-16-19-13-10(14(25)20-16)18-7-22(13)15-12(24)11(23)9(28-15)6-27-29(26)21-8-4-2-1-3-5-8/h1-5,7,9,11-12,15,21,23-24,26H,6H2,(H3,17,19,20,25)/t9-,11-,12-,15-,29?/m1/s1. The normalized spacial score (nSPS) is 25.3. The van der Waals surface area contributed by atoms with Gasteiger partial charge in [0.05, 0.1) is 12.9 Å². The molecular formula is C16H19N6O6P. The summed E-state index contributed by atoms with van der Waals surface area (Å²) in [6.45, 7) is -0.181. The molecule has 1 aromatic carbocycles. The van der Waals surface area contributed by atoms with Crippen molar-refractivity contribution in [2.45, 2.75) is 24.5 Å². The maximum Gasteiger partial charge on any atom is 0.284 e. The van der Waals surface area contributed by atoms with E-state index in [1.54, 1.807) is 24.3 Å². The van der Waals surface area contributed by atoms with Gasteiger partial charge < -0.3 is 35.2 Å². The molecule has 13 heteroatoms. The smallest absolute Gasteiger partial charge is 0.284 e. The zero-order valence-corrected chi connectivity index (χ0v) is 15.8. The molecule has 29 heavy (non-hydrogen) atoms. The van der Waals surface area contributed by atoms with E-state index in [0.717, 1.165) is 0 Å². The fourth-order valence-electron chi connectivity index (χ4n) is 3.03. The van der Waals surface area contributed by atoms with E-state index >= 15 is 0 Å². The minimum Gasteiger partial charge on any atom is -0.387 e. The zero-order valence-electron chi connectivity index (χ0n) is 14.9. The number of rotatable bonds is 6. The number of imidazole rings is 1. The van der Waals surface area contributed by atoms with Crippen molar-refractivity contribution in [3.63, 3.8) is 0 Å². The molecule has 0 spiro atoms. The third-order valence-corrected chi connectivity index (χ3v) is 5.26. The summed E-state index contributed by atoms with van der Waals surface area (Å²) in [5, 5.41) is 23.5. The number of hydrogen-bond acceptors (Lipinski definition) is 10. The van der Waals surface area contributed by atoms with Crippen LogP contribution in [0.3, 0.4) is 0 Å². The second-order valence-corrected chi connectivity index (χ2v) is 7.40. The van der Waals surface area contributed by atoms with Crippen LogP contribution < -0.4 is 16.4 Å². The maximum atomic E-state index is 11.9. The first-order valence-corrected chi connectivity index (χ1v) is 9.83. The van der Waals surface area contributed by atoms with Gasteiger partial charge in [0.2, 0.25) is 5.95 Å². The molecule has 1 aliphatic rings. The van der Waals surface area contributed by atoms with Crippen LogP contribution in [0.4, 0.5) is 11.6 Å². The minimum absolute atomic E-state index is 0.0233. The lowest BCUT2D eigenvalue weighted by molar-refractivity contribution is -0.0471. The van der Waals surface area contributed by atoms with Crippen LogP contribution in [0.5, 0.6) is 0 Å². The third-order valence-electron chi connectivity index (χ3n) is 4.42. The van der Waals surface area contributed by atoms with Crippen LogP contribution in [-0.2, 0) is 9.26 Å². The van der Waals surface area contributed by atoms with Crippen molar-refractivity contribution in [3.05, 3.63) is 47.0 Å². The van der Waals surface area contributed by atoms with Crippen LogP contribution in [0.1, 0.15) is 6.23 Å². The number of para-hydroxylation sites is 1. The number of nitrogen functional groups attached to an aromatic ring is 1. The molecule has 1 saturated heterocycles. The molecule has 2 aromatic heterocycles. The molecule has 7 N–H and O–H groups in total. The van der Waals surface area contributed by atoms with E-state index in [2.05, 4.69) is 20.0 Å². The van der Waals surface area contributed by atoms with Crippen molar-refractivity contribution < 1.29 is 24.4 Å². The number of anilines is 2. The van der Waals surface area contributed by atoms with Gasteiger partial charge in [0.25, 0.3) is 14.1 Å². The number of ether oxygens (including phenoxy) is 1. The quantitative estimate of drug-likeness (QED) is 0.288. The van der Waals surface area contributed by atoms with Crippen LogP contribution >= 0.6 is 8.53 Å². The van der Waals surface area contributed by atoms with Crippen LogP contribution in [0, 0.1) is 0 Å². The Bertz CT molecular complexity index is 1050. The fourth-order valence-corrected chi connectivity index (χ4v) is 3.75. The van der Waals surface area contributed by atoms with Gasteiger partial charge >= 0.3 is 0 Å². The van der Waals surface area contributed by atoms with Gasteiger partial charge in [0.15, 0.2) is 17.4 Å². The summed E-state index contributed by atoms with van der Waals surface area (Å²) in [5.74, 6) is -0.116. The molecule has 0 bridgehead atoms. The predicted octanol–water partition coefficient (Wildman–Crippen LogP) is -0.331. The average molecular weight is 422 g/mol. The highest BCUT2D eigenvalue weighted by Gasteiger charge is 2.44.